The molecule has 0 atom stereocenters. The maximum atomic E-state index is 12.0. The van der Waals surface area contributed by atoms with Gasteiger partial charge in [0.1, 0.15) is 11.2 Å². The molecular formula is C18H26O6. The van der Waals surface area contributed by atoms with Crippen molar-refractivity contribution in [3.05, 3.63) is 35.4 Å². The fourth-order valence-electron chi connectivity index (χ4n) is 1.29. The Morgan fingerprint density at radius 3 is 1.54 bits per heavy atom. The summed E-state index contributed by atoms with van der Waals surface area (Å²) in [5.41, 5.74) is -0.783. The van der Waals surface area contributed by atoms with E-state index in [-0.39, 0.29) is 11.1 Å². The molecule has 0 amide bonds. The molecule has 6 heteroatoms. The van der Waals surface area contributed by atoms with Gasteiger partial charge in [0.2, 0.25) is 0 Å². The van der Waals surface area contributed by atoms with Crippen LogP contribution >= 0.6 is 0 Å². The second-order valence-electron chi connectivity index (χ2n) is 6.72. The zero-order valence-corrected chi connectivity index (χ0v) is 15.2. The molecule has 0 aromatic heterocycles. The van der Waals surface area contributed by atoms with E-state index in [0.717, 1.165) is 0 Å². The standard InChI is InChI=1S/C18H26O6/c1-7-17(3,4)23-21-15(19)13-10-9-11-14(12-13)16(20)22-24-18(5,6)8-2/h9-12H,7-8H2,1-6H3. The van der Waals surface area contributed by atoms with E-state index in [4.69, 9.17) is 19.6 Å². The predicted octanol–water partition coefficient (Wildman–Crippen LogP) is 4.24. The van der Waals surface area contributed by atoms with Crippen LogP contribution in [0, 0.1) is 0 Å². The van der Waals surface area contributed by atoms with Crippen molar-refractivity contribution >= 4 is 11.9 Å². The van der Waals surface area contributed by atoms with Crippen molar-refractivity contribution in [2.75, 3.05) is 0 Å². The van der Waals surface area contributed by atoms with Gasteiger partial charge in [-0.3, -0.25) is 9.78 Å². The maximum absolute atomic E-state index is 12.0. The third-order valence-electron chi connectivity index (χ3n) is 3.72. The van der Waals surface area contributed by atoms with Gasteiger partial charge < -0.3 is 0 Å². The number of carbonyl (C=O) groups excluding carboxylic acids is 2. The van der Waals surface area contributed by atoms with Crippen LogP contribution in [-0.2, 0) is 19.6 Å². The van der Waals surface area contributed by atoms with Gasteiger partial charge in [-0.05, 0) is 58.7 Å². The lowest BCUT2D eigenvalue weighted by atomic mass is 10.1. The predicted molar refractivity (Wildman–Crippen MR) is 88.2 cm³/mol. The molecule has 0 aliphatic carbocycles. The summed E-state index contributed by atoms with van der Waals surface area (Å²) in [6.45, 7) is 11.1. The summed E-state index contributed by atoms with van der Waals surface area (Å²) in [5.74, 6) is -1.36. The van der Waals surface area contributed by atoms with Crippen LogP contribution in [0.2, 0.25) is 0 Å². The van der Waals surface area contributed by atoms with E-state index in [2.05, 4.69) is 0 Å². The summed E-state index contributed by atoms with van der Waals surface area (Å²) in [7, 11) is 0. The fraction of sp³-hybridized carbons (Fsp3) is 0.556. The van der Waals surface area contributed by atoms with E-state index in [0.29, 0.717) is 12.8 Å². The van der Waals surface area contributed by atoms with Crippen LogP contribution in [0.25, 0.3) is 0 Å². The Morgan fingerprint density at radius 1 is 0.833 bits per heavy atom. The first-order chi connectivity index (χ1) is 11.1. The van der Waals surface area contributed by atoms with Crippen molar-refractivity contribution < 1.29 is 29.1 Å². The van der Waals surface area contributed by atoms with E-state index < -0.39 is 23.1 Å². The van der Waals surface area contributed by atoms with Gasteiger partial charge in [-0.1, -0.05) is 19.9 Å². The van der Waals surface area contributed by atoms with Crippen LogP contribution in [0.3, 0.4) is 0 Å². The van der Waals surface area contributed by atoms with Crippen LogP contribution in [0.4, 0.5) is 0 Å². The first-order valence-corrected chi connectivity index (χ1v) is 8.00. The van der Waals surface area contributed by atoms with E-state index in [1.807, 2.05) is 13.8 Å². The molecule has 6 nitrogen and oxygen atoms in total. The van der Waals surface area contributed by atoms with Gasteiger partial charge >= 0.3 is 11.9 Å². The molecule has 0 radical (unpaired) electrons. The zero-order valence-electron chi connectivity index (χ0n) is 15.2. The number of rotatable bonds is 8. The van der Waals surface area contributed by atoms with Gasteiger partial charge in [0.15, 0.2) is 0 Å². The Balaban J connectivity index is 2.72. The highest BCUT2D eigenvalue weighted by Crippen LogP contribution is 2.17. The lowest BCUT2D eigenvalue weighted by Gasteiger charge is -2.21. The lowest BCUT2D eigenvalue weighted by Crippen LogP contribution is -2.25. The number of benzene rings is 1. The molecule has 0 aliphatic rings. The summed E-state index contributed by atoms with van der Waals surface area (Å²) >= 11 is 0. The van der Waals surface area contributed by atoms with Crippen LogP contribution in [0.1, 0.15) is 75.1 Å². The normalized spacial score (nSPS) is 11.9. The Bertz CT molecular complexity index is 529. The molecule has 0 bridgehead atoms. The minimum atomic E-state index is -0.680. The average molecular weight is 338 g/mol. The van der Waals surface area contributed by atoms with E-state index >= 15 is 0 Å². The quantitative estimate of drug-likeness (QED) is 0.521. The summed E-state index contributed by atoms with van der Waals surface area (Å²) < 4.78 is 0. The van der Waals surface area contributed by atoms with E-state index in [9.17, 15) is 9.59 Å². The average Bonchev–Trinajstić information content (AvgIpc) is 2.57. The summed E-state index contributed by atoms with van der Waals surface area (Å²) in [6, 6.07) is 5.98. The summed E-state index contributed by atoms with van der Waals surface area (Å²) in [5, 5.41) is 0. The van der Waals surface area contributed by atoms with E-state index in [1.165, 1.54) is 18.2 Å². The summed E-state index contributed by atoms with van der Waals surface area (Å²) in [6.07, 6.45) is 1.36. The topological polar surface area (TPSA) is 71.1 Å². The molecule has 0 saturated heterocycles. The van der Waals surface area contributed by atoms with Gasteiger partial charge in [0.05, 0.1) is 11.1 Å². The van der Waals surface area contributed by atoms with Gasteiger partial charge in [-0.2, -0.15) is 9.78 Å². The van der Waals surface area contributed by atoms with Crippen LogP contribution in [0.15, 0.2) is 24.3 Å². The Kier molecular flexibility index (Phi) is 6.93. The highest BCUT2D eigenvalue weighted by molar-refractivity contribution is 5.94. The molecule has 1 rings (SSSR count). The fourth-order valence-corrected chi connectivity index (χ4v) is 1.29. The molecule has 1 aromatic rings. The smallest absolute Gasteiger partial charge is 0.292 e. The monoisotopic (exact) mass is 338 g/mol. The highest BCUT2D eigenvalue weighted by atomic mass is 17.2. The molecule has 0 unspecified atom stereocenters. The maximum Gasteiger partial charge on any atom is 0.373 e. The van der Waals surface area contributed by atoms with Crippen molar-refractivity contribution in [2.45, 2.75) is 65.6 Å². The minimum Gasteiger partial charge on any atom is -0.292 e. The molecule has 1 aromatic carbocycles. The minimum absolute atomic E-state index is 0.186. The van der Waals surface area contributed by atoms with Gasteiger partial charge in [0, 0.05) is 0 Å². The second kappa shape index (κ2) is 8.26. The van der Waals surface area contributed by atoms with Crippen molar-refractivity contribution in [2.24, 2.45) is 0 Å². The molecule has 0 spiro atoms. The van der Waals surface area contributed by atoms with Crippen LogP contribution in [-0.4, -0.2) is 23.1 Å². The second-order valence-corrected chi connectivity index (χ2v) is 6.72. The largest absolute Gasteiger partial charge is 0.373 e. The van der Waals surface area contributed by atoms with Gasteiger partial charge in [-0.25, -0.2) is 9.59 Å². The summed E-state index contributed by atoms with van der Waals surface area (Å²) in [4.78, 5) is 43.9. The Labute approximate surface area is 142 Å². The highest BCUT2D eigenvalue weighted by Gasteiger charge is 2.23. The molecule has 24 heavy (non-hydrogen) atoms. The third-order valence-corrected chi connectivity index (χ3v) is 3.72. The van der Waals surface area contributed by atoms with Crippen molar-refractivity contribution in [3.8, 4) is 0 Å². The third kappa shape index (κ3) is 6.29. The molecular weight excluding hydrogens is 312 g/mol. The molecule has 0 fully saturated rings. The number of hydrogen-bond acceptors (Lipinski definition) is 6. The molecule has 0 N–H and O–H groups in total. The first kappa shape index (κ1) is 20.1. The lowest BCUT2D eigenvalue weighted by molar-refractivity contribution is -0.307. The van der Waals surface area contributed by atoms with Crippen LogP contribution in [0.5, 0.6) is 0 Å². The molecule has 134 valence electrons. The first-order valence-electron chi connectivity index (χ1n) is 8.00. The SMILES string of the molecule is CCC(C)(C)OOC(=O)c1cccc(C(=O)OOC(C)(C)CC)c1. The molecule has 0 aliphatic heterocycles. The number of carbonyl (C=O) groups is 2. The molecule has 0 heterocycles. The van der Waals surface area contributed by atoms with Crippen LogP contribution < -0.4 is 0 Å². The van der Waals surface area contributed by atoms with Crippen molar-refractivity contribution in [1.29, 1.82) is 0 Å². The van der Waals surface area contributed by atoms with Gasteiger partial charge in [-0.15, -0.1) is 0 Å². The van der Waals surface area contributed by atoms with Gasteiger partial charge in [0.25, 0.3) is 0 Å². The van der Waals surface area contributed by atoms with Crippen molar-refractivity contribution in [1.82, 2.24) is 0 Å². The van der Waals surface area contributed by atoms with Crippen molar-refractivity contribution in [3.63, 3.8) is 0 Å². The Morgan fingerprint density at radius 2 is 1.21 bits per heavy atom. The molecule has 0 saturated carbocycles. The number of hydrogen-bond donors (Lipinski definition) is 0. The van der Waals surface area contributed by atoms with E-state index in [1.54, 1.807) is 33.8 Å². The zero-order chi connectivity index (χ0) is 18.4. The Hall–Kier alpha value is -1.92.